The van der Waals surface area contributed by atoms with Gasteiger partial charge in [0.15, 0.2) is 5.13 Å². The highest BCUT2D eigenvalue weighted by Crippen LogP contribution is 2.28. The zero-order valence-corrected chi connectivity index (χ0v) is 11.5. The maximum Gasteiger partial charge on any atom is 0.345 e. The van der Waals surface area contributed by atoms with Crippen LogP contribution in [0, 0.1) is 10.1 Å². The van der Waals surface area contributed by atoms with Gasteiger partial charge in [-0.1, -0.05) is 0 Å². The Balaban J connectivity index is 2.70. The monoisotopic (exact) mass is 289 g/mol. The third-order valence-electron chi connectivity index (χ3n) is 2.31. The van der Waals surface area contributed by atoms with Crippen molar-refractivity contribution in [2.75, 3.05) is 38.8 Å². The molecule has 0 saturated heterocycles. The van der Waals surface area contributed by atoms with Crippen molar-refractivity contribution < 1.29 is 19.2 Å². The molecule has 1 heterocycles. The van der Waals surface area contributed by atoms with Crippen LogP contribution < -0.4 is 4.90 Å². The fourth-order valence-electron chi connectivity index (χ4n) is 1.32. The Hall–Kier alpha value is -1.74. The Morgan fingerprint density at radius 1 is 1.53 bits per heavy atom. The Kier molecular flexibility index (Phi) is 6.16. The summed E-state index contributed by atoms with van der Waals surface area (Å²) in [6.07, 6.45) is 1.39. The van der Waals surface area contributed by atoms with Crippen LogP contribution in [-0.4, -0.2) is 49.8 Å². The lowest BCUT2D eigenvalue weighted by Gasteiger charge is -2.20. The van der Waals surface area contributed by atoms with Crippen molar-refractivity contribution in [2.24, 2.45) is 0 Å². The molecule has 0 bridgehead atoms. The average Bonchev–Trinajstić information content (AvgIpc) is 2.88. The number of methoxy groups -OCH3 is 2. The van der Waals surface area contributed by atoms with Crippen LogP contribution in [0.4, 0.5) is 10.1 Å². The predicted octanol–water partition coefficient (Wildman–Crippen LogP) is 1.07. The molecular weight excluding hydrogens is 274 g/mol. The number of thiazole rings is 1. The van der Waals surface area contributed by atoms with Gasteiger partial charge in [0.25, 0.3) is 0 Å². The highest BCUT2D eigenvalue weighted by molar-refractivity contribution is 7.18. The van der Waals surface area contributed by atoms with Gasteiger partial charge in [0.05, 0.1) is 25.1 Å². The molecule has 0 N–H and O–H groups in total. The van der Waals surface area contributed by atoms with Gasteiger partial charge in [0.2, 0.25) is 0 Å². The second kappa shape index (κ2) is 7.64. The minimum absolute atomic E-state index is 0.0320. The third-order valence-corrected chi connectivity index (χ3v) is 3.32. The molecule has 8 nitrogen and oxygen atoms in total. The molecule has 19 heavy (non-hydrogen) atoms. The molecule has 1 aromatic heterocycles. The van der Waals surface area contributed by atoms with Crippen LogP contribution >= 0.6 is 11.3 Å². The number of ether oxygens (including phenoxy) is 2. The van der Waals surface area contributed by atoms with Crippen LogP contribution in [-0.2, 0) is 14.3 Å². The van der Waals surface area contributed by atoms with Gasteiger partial charge < -0.3 is 14.4 Å². The van der Waals surface area contributed by atoms with E-state index in [1.807, 2.05) is 0 Å². The van der Waals surface area contributed by atoms with E-state index < -0.39 is 4.92 Å². The van der Waals surface area contributed by atoms with Gasteiger partial charge in [-0.2, -0.15) is 0 Å². The molecule has 0 aromatic carbocycles. The van der Waals surface area contributed by atoms with E-state index in [1.54, 1.807) is 12.0 Å². The number of hydrogen-bond acceptors (Lipinski definition) is 8. The number of hydrogen-bond donors (Lipinski definition) is 0. The van der Waals surface area contributed by atoms with E-state index >= 15 is 0 Å². The van der Waals surface area contributed by atoms with E-state index in [4.69, 9.17) is 4.74 Å². The van der Waals surface area contributed by atoms with E-state index in [0.29, 0.717) is 24.8 Å². The van der Waals surface area contributed by atoms with Crippen molar-refractivity contribution in [1.29, 1.82) is 0 Å². The summed E-state index contributed by atoms with van der Waals surface area (Å²) in [6.45, 7) is 1.31. The van der Waals surface area contributed by atoms with Crippen LogP contribution in [0.25, 0.3) is 0 Å². The molecule has 0 amide bonds. The van der Waals surface area contributed by atoms with E-state index in [1.165, 1.54) is 13.3 Å². The molecule has 0 aliphatic carbocycles. The maximum atomic E-state index is 11.1. The largest absolute Gasteiger partial charge is 0.469 e. The Labute approximate surface area is 114 Å². The first-order chi connectivity index (χ1) is 9.08. The van der Waals surface area contributed by atoms with Crippen LogP contribution in [0.2, 0.25) is 0 Å². The fraction of sp³-hybridized carbons (Fsp3) is 0.600. The summed E-state index contributed by atoms with van der Waals surface area (Å²) in [5, 5.41) is 11.1. The summed E-state index contributed by atoms with van der Waals surface area (Å²) in [6, 6.07) is 0. The molecule has 0 spiro atoms. The summed E-state index contributed by atoms with van der Waals surface area (Å²) < 4.78 is 9.53. The van der Waals surface area contributed by atoms with Crippen molar-refractivity contribution in [3.05, 3.63) is 16.3 Å². The summed E-state index contributed by atoms with van der Waals surface area (Å²) in [4.78, 5) is 27.0. The molecule has 1 aromatic rings. The normalized spacial score (nSPS) is 10.2. The number of rotatable bonds is 8. The smallest absolute Gasteiger partial charge is 0.345 e. The Bertz CT molecular complexity index is 437. The van der Waals surface area contributed by atoms with Gasteiger partial charge in [-0.15, -0.1) is 0 Å². The number of aromatic nitrogens is 1. The predicted molar refractivity (Wildman–Crippen MR) is 69.5 cm³/mol. The fourth-order valence-corrected chi connectivity index (χ4v) is 2.10. The number of nitrogens with zero attached hydrogens (tertiary/aromatic N) is 3. The van der Waals surface area contributed by atoms with E-state index in [9.17, 15) is 14.9 Å². The molecule has 0 radical (unpaired) electrons. The number of carbonyl (C=O) groups excluding carboxylic acids is 1. The summed E-state index contributed by atoms with van der Waals surface area (Å²) >= 11 is 0.967. The molecule has 0 saturated carbocycles. The number of carbonyl (C=O) groups is 1. The van der Waals surface area contributed by atoms with Gasteiger partial charge in [-0.3, -0.25) is 14.9 Å². The van der Waals surface area contributed by atoms with E-state index in [-0.39, 0.29) is 17.4 Å². The highest BCUT2D eigenvalue weighted by atomic mass is 32.1. The summed E-state index contributed by atoms with van der Waals surface area (Å²) in [5.74, 6) is -0.339. The van der Waals surface area contributed by atoms with E-state index in [0.717, 1.165) is 11.3 Å². The van der Waals surface area contributed by atoms with Crippen LogP contribution in [0.3, 0.4) is 0 Å². The van der Waals surface area contributed by atoms with Crippen molar-refractivity contribution in [3.63, 3.8) is 0 Å². The number of nitro groups is 1. The standard InChI is InChI=1S/C10H15N3O5S/c1-17-6-5-12(4-3-9(14)18-2)10-11-7-8(19-10)13(15)16/h7H,3-6H2,1-2H3. The first kappa shape index (κ1) is 15.3. The first-order valence-corrected chi connectivity index (χ1v) is 6.31. The number of anilines is 1. The van der Waals surface area contributed by atoms with Crippen molar-refractivity contribution in [1.82, 2.24) is 4.98 Å². The molecule has 0 unspecified atom stereocenters. The quantitative estimate of drug-likeness (QED) is 0.401. The van der Waals surface area contributed by atoms with Gasteiger partial charge in [-0.25, -0.2) is 4.98 Å². The SMILES string of the molecule is COCCN(CCC(=O)OC)c1ncc([N+](=O)[O-])s1. The molecule has 0 aliphatic heterocycles. The molecule has 0 aliphatic rings. The van der Waals surface area contributed by atoms with Crippen molar-refractivity contribution >= 4 is 27.4 Å². The van der Waals surface area contributed by atoms with Crippen molar-refractivity contribution in [2.45, 2.75) is 6.42 Å². The highest BCUT2D eigenvalue weighted by Gasteiger charge is 2.17. The molecule has 0 fully saturated rings. The molecule has 106 valence electrons. The zero-order valence-electron chi connectivity index (χ0n) is 10.7. The van der Waals surface area contributed by atoms with Crippen molar-refractivity contribution in [3.8, 4) is 0 Å². The lowest BCUT2D eigenvalue weighted by molar-refractivity contribution is -0.380. The molecule has 0 atom stereocenters. The summed E-state index contributed by atoms with van der Waals surface area (Å²) in [7, 11) is 2.87. The minimum Gasteiger partial charge on any atom is -0.469 e. The van der Waals surface area contributed by atoms with Gasteiger partial charge in [0, 0.05) is 20.2 Å². The Morgan fingerprint density at radius 3 is 2.79 bits per heavy atom. The van der Waals surface area contributed by atoms with Crippen LogP contribution in [0.15, 0.2) is 6.20 Å². The minimum atomic E-state index is -0.490. The van der Waals surface area contributed by atoms with Crippen LogP contribution in [0.1, 0.15) is 6.42 Å². The second-order valence-electron chi connectivity index (χ2n) is 3.54. The molecular formula is C10H15N3O5S. The zero-order chi connectivity index (χ0) is 14.3. The molecule has 1 rings (SSSR count). The maximum absolute atomic E-state index is 11.1. The lowest BCUT2D eigenvalue weighted by atomic mass is 10.4. The average molecular weight is 289 g/mol. The second-order valence-corrected chi connectivity index (χ2v) is 4.53. The van der Waals surface area contributed by atoms with Gasteiger partial charge in [-0.05, 0) is 11.3 Å². The topological polar surface area (TPSA) is 94.8 Å². The third kappa shape index (κ3) is 4.79. The lowest BCUT2D eigenvalue weighted by Crippen LogP contribution is -2.29. The van der Waals surface area contributed by atoms with Gasteiger partial charge >= 0.3 is 11.0 Å². The van der Waals surface area contributed by atoms with Gasteiger partial charge in [0.1, 0.15) is 6.20 Å². The number of esters is 1. The first-order valence-electron chi connectivity index (χ1n) is 5.49. The van der Waals surface area contributed by atoms with Crippen LogP contribution in [0.5, 0.6) is 0 Å². The Morgan fingerprint density at radius 2 is 2.26 bits per heavy atom. The summed E-state index contributed by atoms with van der Waals surface area (Å²) in [5.41, 5.74) is 0. The molecule has 9 heteroatoms. The van der Waals surface area contributed by atoms with E-state index in [2.05, 4.69) is 9.72 Å².